The summed E-state index contributed by atoms with van der Waals surface area (Å²) in [6, 6.07) is 8.61. The predicted octanol–water partition coefficient (Wildman–Crippen LogP) is 3.30. The van der Waals surface area contributed by atoms with Crippen molar-refractivity contribution >= 4 is 38.2 Å². The number of carbonyl (C=O) groups excluding carboxylic acids is 2. The molecule has 1 aliphatic heterocycles. The lowest BCUT2D eigenvalue weighted by molar-refractivity contribution is -0.117. The highest BCUT2D eigenvalue weighted by atomic mass is 32.2. The van der Waals surface area contributed by atoms with Crippen LogP contribution in [0.2, 0.25) is 0 Å². The third-order valence-electron chi connectivity index (χ3n) is 5.77. The summed E-state index contributed by atoms with van der Waals surface area (Å²) in [5, 5.41) is 6.62. The Morgan fingerprint density at radius 1 is 1.03 bits per heavy atom. The molecule has 4 rings (SSSR count). The van der Waals surface area contributed by atoms with Crippen molar-refractivity contribution in [3.63, 3.8) is 0 Å². The first-order valence-corrected chi connectivity index (χ1v) is 12.8. The molecule has 31 heavy (non-hydrogen) atoms. The van der Waals surface area contributed by atoms with Gasteiger partial charge in [-0.05, 0) is 63.3 Å². The zero-order chi connectivity index (χ0) is 22.2. The average molecular weight is 462 g/mol. The number of sulfonamides is 1. The van der Waals surface area contributed by atoms with Crippen LogP contribution in [-0.2, 0) is 14.8 Å². The first-order valence-electron chi connectivity index (χ1n) is 10.5. The van der Waals surface area contributed by atoms with E-state index in [9.17, 15) is 18.0 Å². The standard InChI is InChI=1S/C22H27N3O4S2/c1-14-3-7-18(8-4-14)31(28,29)25-11-9-17(10-12-25)23-22(27)20-15(2)13-19(30-20)24-21(26)16-5-6-16/h3-4,7-8,13,16-17H,5-6,9-12H2,1-2H3,(H,23,27)(H,24,26). The highest BCUT2D eigenvalue weighted by Crippen LogP contribution is 2.33. The Hall–Kier alpha value is -2.23. The minimum atomic E-state index is -3.52. The zero-order valence-corrected chi connectivity index (χ0v) is 19.3. The van der Waals surface area contributed by atoms with Crippen molar-refractivity contribution in [2.75, 3.05) is 18.4 Å². The van der Waals surface area contributed by atoms with Crippen molar-refractivity contribution in [2.45, 2.75) is 50.5 Å². The molecule has 2 aliphatic rings. The molecule has 2 amide bonds. The minimum Gasteiger partial charge on any atom is -0.349 e. The molecule has 0 atom stereocenters. The second-order valence-electron chi connectivity index (χ2n) is 8.35. The average Bonchev–Trinajstić information content (AvgIpc) is 3.52. The number of nitrogens with one attached hydrogen (secondary N) is 2. The Labute approximate surface area is 186 Å². The van der Waals surface area contributed by atoms with Gasteiger partial charge in [0.2, 0.25) is 15.9 Å². The minimum absolute atomic E-state index is 0.0235. The van der Waals surface area contributed by atoms with Gasteiger partial charge in [0, 0.05) is 25.0 Å². The molecule has 0 unspecified atom stereocenters. The molecule has 2 aromatic rings. The highest BCUT2D eigenvalue weighted by molar-refractivity contribution is 7.89. The lowest BCUT2D eigenvalue weighted by Gasteiger charge is -2.31. The number of piperidine rings is 1. The van der Waals surface area contributed by atoms with Crippen molar-refractivity contribution in [2.24, 2.45) is 5.92 Å². The summed E-state index contributed by atoms with van der Waals surface area (Å²) in [5.74, 6) is -0.0364. The number of rotatable bonds is 6. The summed E-state index contributed by atoms with van der Waals surface area (Å²) in [5.41, 5.74) is 1.84. The summed E-state index contributed by atoms with van der Waals surface area (Å²) >= 11 is 1.28. The third-order valence-corrected chi connectivity index (χ3v) is 8.83. The molecule has 0 bridgehead atoms. The maximum Gasteiger partial charge on any atom is 0.261 e. The van der Waals surface area contributed by atoms with Gasteiger partial charge in [0.15, 0.2) is 0 Å². The largest absolute Gasteiger partial charge is 0.349 e. The molecule has 1 saturated heterocycles. The van der Waals surface area contributed by atoms with Gasteiger partial charge in [0.05, 0.1) is 14.8 Å². The molecule has 166 valence electrons. The molecule has 2 N–H and O–H groups in total. The first kappa shape index (κ1) is 22.0. The second-order valence-corrected chi connectivity index (χ2v) is 11.3. The topological polar surface area (TPSA) is 95.6 Å². The van der Waals surface area contributed by atoms with Crippen LogP contribution in [0.4, 0.5) is 5.00 Å². The van der Waals surface area contributed by atoms with Gasteiger partial charge < -0.3 is 10.6 Å². The molecule has 1 aromatic heterocycles. The molecule has 7 nitrogen and oxygen atoms in total. The van der Waals surface area contributed by atoms with E-state index in [0.717, 1.165) is 24.0 Å². The van der Waals surface area contributed by atoms with Gasteiger partial charge in [-0.3, -0.25) is 9.59 Å². The molecule has 0 radical (unpaired) electrons. The molecule has 9 heteroatoms. The number of anilines is 1. The number of nitrogens with zero attached hydrogens (tertiary/aromatic N) is 1. The van der Waals surface area contributed by atoms with Crippen LogP contribution in [0.25, 0.3) is 0 Å². The quantitative estimate of drug-likeness (QED) is 0.690. The van der Waals surface area contributed by atoms with Gasteiger partial charge in [0.1, 0.15) is 0 Å². The van der Waals surface area contributed by atoms with E-state index in [4.69, 9.17) is 0 Å². The number of benzene rings is 1. The van der Waals surface area contributed by atoms with Crippen molar-refractivity contribution < 1.29 is 18.0 Å². The lowest BCUT2D eigenvalue weighted by atomic mass is 10.1. The van der Waals surface area contributed by atoms with Crippen LogP contribution in [0.3, 0.4) is 0 Å². The molecular formula is C22H27N3O4S2. The Morgan fingerprint density at radius 3 is 2.29 bits per heavy atom. The maximum atomic E-state index is 12.8. The Balaban J connectivity index is 1.33. The first-order chi connectivity index (χ1) is 14.7. The van der Waals surface area contributed by atoms with Gasteiger partial charge >= 0.3 is 0 Å². The van der Waals surface area contributed by atoms with Crippen molar-refractivity contribution in [1.29, 1.82) is 0 Å². The van der Waals surface area contributed by atoms with Crippen molar-refractivity contribution in [3.05, 3.63) is 46.3 Å². The number of thiophene rings is 1. The summed E-state index contributed by atoms with van der Waals surface area (Å²) in [7, 11) is -3.52. The lowest BCUT2D eigenvalue weighted by Crippen LogP contribution is -2.46. The summed E-state index contributed by atoms with van der Waals surface area (Å²) in [6.07, 6.45) is 2.99. The SMILES string of the molecule is Cc1ccc(S(=O)(=O)N2CCC(NC(=O)c3sc(NC(=O)C4CC4)cc3C)CC2)cc1. The second kappa shape index (κ2) is 8.72. The van der Waals surface area contributed by atoms with Crippen LogP contribution >= 0.6 is 11.3 Å². The van der Waals surface area contributed by atoms with E-state index in [1.807, 2.05) is 19.9 Å². The number of hydrogen-bond acceptors (Lipinski definition) is 5. The third kappa shape index (κ3) is 4.99. The van der Waals surface area contributed by atoms with Crippen molar-refractivity contribution in [3.8, 4) is 0 Å². The molecule has 1 saturated carbocycles. The van der Waals surface area contributed by atoms with E-state index >= 15 is 0 Å². The monoisotopic (exact) mass is 461 g/mol. The van der Waals surface area contributed by atoms with E-state index in [1.54, 1.807) is 24.3 Å². The van der Waals surface area contributed by atoms with E-state index in [1.165, 1.54) is 15.6 Å². The molecular weight excluding hydrogens is 434 g/mol. The Kier molecular flexibility index (Phi) is 6.18. The van der Waals surface area contributed by atoms with E-state index in [0.29, 0.717) is 40.7 Å². The van der Waals surface area contributed by atoms with Crippen LogP contribution in [0.15, 0.2) is 35.2 Å². The normalized spacial score (nSPS) is 18.0. The van der Waals surface area contributed by atoms with E-state index in [2.05, 4.69) is 10.6 Å². The van der Waals surface area contributed by atoms with Crippen LogP contribution in [0, 0.1) is 19.8 Å². The van der Waals surface area contributed by atoms with Gasteiger partial charge in [-0.25, -0.2) is 8.42 Å². The van der Waals surface area contributed by atoms with Crippen LogP contribution in [-0.4, -0.2) is 43.7 Å². The maximum absolute atomic E-state index is 12.8. The smallest absolute Gasteiger partial charge is 0.261 e. The number of aryl methyl sites for hydroxylation is 2. The van der Waals surface area contributed by atoms with Crippen LogP contribution in [0.1, 0.15) is 46.5 Å². The Morgan fingerprint density at radius 2 is 1.68 bits per heavy atom. The predicted molar refractivity (Wildman–Crippen MR) is 121 cm³/mol. The molecule has 2 heterocycles. The Bertz CT molecular complexity index is 1080. The fourth-order valence-corrected chi connectivity index (χ4v) is 6.14. The molecule has 2 fully saturated rings. The van der Waals surface area contributed by atoms with E-state index < -0.39 is 10.0 Å². The summed E-state index contributed by atoms with van der Waals surface area (Å²) in [6.45, 7) is 4.51. The fourth-order valence-electron chi connectivity index (χ4n) is 3.69. The molecule has 1 aromatic carbocycles. The van der Waals surface area contributed by atoms with Crippen molar-refractivity contribution in [1.82, 2.24) is 9.62 Å². The van der Waals surface area contributed by atoms with Crippen LogP contribution in [0.5, 0.6) is 0 Å². The van der Waals surface area contributed by atoms with Gasteiger partial charge in [-0.2, -0.15) is 4.31 Å². The summed E-state index contributed by atoms with van der Waals surface area (Å²) < 4.78 is 27.2. The number of hydrogen-bond donors (Lipinski definition) is 2. The zero-order valence-electron chi connectivity index (χ0n) is 17.7. The van der Waals surface area contributed by atoms with Gasteiger partial charge in [-0.15, -0.1) is 11.3 Å². The number of carbonyl (C=O) groups is 2. The molecule has 0 spiro atoms. The van der Waals surface area contributed by atoms with Crippen LogP contribution < -0.4 is 10.6 Å². The van der Waals surface area contributed by atoms with E-state index in [-0.39, 0.29) is 23.8 Å². The van der Waals surface area contributed by atoms with Gasteiger partial charge in [-0.1, -0.05) is 17.7 Å². The fraction of sp³-hybridized carbons (Fsp3) is 0.455. The molecule has 1 aliphatic carbocycles. The highest BCUT2D eigenvalue weighted by Gasteiger charge is 2.31. The summed E-state index contributed by atoms with van der Waals surface area (Å²) in [4.78, 5) is 25.6. The number of amides is 2. The van der Waals surface area contributed by atoms with Gasteiger partial charge in [0.25, 0.3) is 5.91 Å².